The van der Waals surface area contributed by atoms with Gasteiger partial charge >= 0.3 is 0 Å². The maximum absolute atomic E-state index is 8.51. The van der Waals surface area contributed by atoms with Crippen LogP contribution in [-0.2, 0) is 4.74 Å². The van der Waals surface area contributed by atoms with Crippen LogP contribution >= 0.6 is 0 Å². The number of hydrogen-bond donors (Lipinski definition) is 1. The van der Waals surface area contributed by atoms with Crippen molar-refractivity contribution in [2.45, 2.75) is 37.8 Å². The highest BCUT2D eigenvalue weighted by Gasteiger charge is 2.21. The van der Waals surface area contributed by atoms with Gasteiger partial charge in [-0.15, -0.1) is 0 Å². The molecule has 0 spiro atoms. The van der Waals surface area contributed by atoms with E-state index in [2.05, 4.69) is 5.32 Å². The zero-order valence-corrected chi connectivity index (χ0v) is 11.3. The summed E-state index contributed by atoms with van der Waals surface area (Å²) in [6.45, 7) is 0.0820. The molecule has 1 aromatic carbocycles. The van der Waals surface area contributed by atoms with Gasteiger partial charge in [-0.05, 0) is 37.8 Å². The van der Waals surface area contributed by atoms with Crippen molar-refractivity contribution in [3.8, 4) is 11.8 Å². The van der Waals surface area contributed by atoms with Gasteiger partial charge < -0.3 is 14.8 Å². The van der Waals surface area contributed by atoms with Crippen molar-refractivity contribution >= 4 is 5.69 Å². The Morgan fingerprint density at radius 1 is 1.42 bits per heavy atom. The summed E-state index contributed by atoms with van der Waals surface area (Å²) in [6.07, 6.45) is 4.92. The van der Waals surface area contributed by atoms with Crippen molar-refractivity contribution in [3.05, 3.63) is 24.3 Å². The highest BCUT2D eigenvalue weighted by atomic mass is 16.5. The standard InChI is InChI=1S/C15H20N2O2/c1-18-14-6-2-4-12(10-14)17-13-5-3-7-15(11-13)19-9-8-16/h3,5,7,11-12,14,17H,2,4,6,9-10H2,1H3. The van der Waals surface area contributed by atoms with Gasteiger partial charge in [0.15, 0.2) is 6.61 Å². The molecule has 0 aromatic heterocycles. The number of methoxy groups -OCH3 is 1. The first kappa shape index (κ1) is 13.7. The SMILES string of the molecule is COC1CCCC(Nc2cccc(OCC#N)c2)C1. The number of rotatable bonds is 5. The van der Waals surface area contributed by atoms with E-state index in [1.165, 1.54) is 12.8 Å². The van der Waals surface area contributed by atoms with Crippen LogP contribution in [0.15, 0.2) is 24.3 Å². The van der Waals surface area contributed by atoms with Gasteiger partial charge in [-0.25, -0.2) is 0 Å². The van der Waals surface area contributed by atoms with Crippen LogP contribution in [0.1, 0.15) is 25.7 Å². The Hall–Kier alpha value is -1.73. The highest BCUT2D eigenvalue weighted by molar-refractivity contribution is 5.49. The van der Waals surface area contributed by atoms with Gasteiger partial charge in [0.05, 0.1) is 6.10 Å². The fraction of sp³-hybridized carbons (Fsp3) is 0.533. The molecule has 0 saturated heterocycles. The Morgan fingerprint density at radius 3 is 3.11 bits per heavy atom. The van der Waals surface area contributed by atoms with Gasteiger partial charge in [0.1, 0.15) is 11.8 Å². The number of benzene rings is 1. The van der Waals surface area contributed by atoms with Gasteiger partial charge in [-0.3, -0.25) is 0 Å². The van der Waals surface area contributed by atoms with E-state index in [4.69, 9.17) is 14.7 Å². The van der Waals surface area contributed by atoms with Gasteiger partial charge in [0.25, 0.3) is 0 Å². The minimum atomic E-state index is 0.0820. The largest absolute Gasteiger partial charge is 0.479 e. The second kappa shape index (κ2) is 7.01. The lowest BCUT2D eigenvalue weighted by Crippen LogP contribution is -2.30. The van der Waals surface area contributed by atoms with Crippen LogP contribution in [0.2, 0.25) is 0 Å². The number of hydrogen-bond acceptors (Lipinski definition) is 4. The average molecular weight is 260 g/mol. The van der Waals surface area contributed by atoms with E-state index in [1.807, 2.05) is 30.3 Å². The normalized spacial score (nSPS) is 22.5. The van der Waals surface area contributed by atoms with Crippen molar-refractivity contribution in [2.24, 2.45) is 0 Å². The van der Waals surface area contributed by atoms with Crippen LogP contribution in [-0.4, -0.2) is 25.9 Å². The number of nitriles is 1. The molecule has 102 valence electrons. The molecule has 1 aliphatic carbocycles. The summed E-state index contributed by atoms with van der Waals surface area (Å²) in [5.41, 5.74) is 1.04. The van der Waals surface area contributed by atoms with E-state index < -0.39 is 0 Å². The lowest BCUT2D eigenvalue weighted by molar-refractivity contribution is 0.0669. The summed E-state index contributed by atoms with van der Waals surface area (Å²) in [6, 6.07) is 10.2. The monoisotopic (exact) mass is 260 g/mol. The molecule has 1 saturated carbocycles. The molecule has 1 aliphatic rings. The summed E-state index contributed by atoms with van der Waals surface area (Å²) in [5, 5.41) is 12.0. The molecule has 0 aliphatic heterocycles. The summed E-state index contributed by atoms with van der Waals surface area (Å²) in [4.78, 5) is 0. The first-order valence-electron chi connectivity index (χ1n) is 6.71. The van der Waals surface area contributed by atoms with Crippen molar-refractivity contribution in [1.82, 2.24) is 0 Å². The third-order valence-electron chi connectivity index (χ3n) is 3.47. The predicted molar refractivity (Wildman–Crippen MR) is 74.2 cm³/mol. The predicted octanol–water partition coefficient (Wildman–Crippen LogP) is 2.96. The highest BCUT2D eigenvalue weighted by Crippen LogP contribution is 2.25. The van der Waals surface area contributed by atoms with Crippen LogP contribution in [0.25, 0.3) is 0 Å². The summed E-state index contributed by atoms with van der Waals surface area (Å²) in [7, 11) is 1.78. The summed E-state index contributed by atoms with van der Waals surface area (Å²) >= 11 is 0. The minimum Gasteiger partial charge on any atom is -0.479 e. The molecular weight excluding hydrogens is 240 g/mol. The molecule has 1 N–H and O–H groups in total. The van der Waals surface area contributed by atoms with Crippen LogP contribution in [0.5, 0.6) is 5.75 Å². The quantitative estimate of drug-likeness (QED) is 0.884. The number of ether oxygens (including phenoxy) is 2. The Morgan fingerprint density at radius 2 is 2.32 bits per heavy atom. The molecule has 2 atom stereocenters. The number of anilines is 1. The van der Waals surface area contributed by atoms with Crippen molar-refractivity contribution in [2.75, 3.05) is 19.0 Å². The maximum atomic E-state index is 8.51. The van der Waals surface area contributed by atoms with Crippen LogP contribution < -0.4 is 10.1 Å². The summed E-state index contributed by atoms with van der Waals surface area (Å²) < 4.78 is 10.7. The Balaban J connectivity index is 1.93. The fourth-order valence-corrected chi connectivity index (χ4v) is 2.52. The van der Waals surface area contributed by atoms with Crippen LogP contribution in [0, 0.1) is 11.3 Å². The topological polar surface area (TPSA) is 54.3 Å². The lowest BCUT2D eigenvalue weighted by atomic mass is 9.92. The molecule has 4 nitrogen and oxygen atoms in total. The smallest absolute Gasteiger partial charge is 0.174 e. The molecule has 1 fully saturated rings. The van der Waals surface area contributed by atoms with Gasteiger partial charge in [-0.2, -0.15) is 5.26 Å². The second-order valence-corrected chi connectivity index (χ2v) is 4.84. The van der Waals surface area contributed by atoms with Gasteiger partial charge in [0.2, 0.25) is 0 Å². The van der Waals surface area contributed by atoms with E-state index >= 15 is 0 Å². The van der Waals surface area contributed by atoms with Gasteiger partial charge in [-0.1, -0.05) is 6.07 Å². The number of nitrogens with zero attached hydrogens (tertiary/aromatic N) is 1. The van der Waals surface area contributed by atoms with E-state index in [-0.39, 0.29) is 6.61 Å². The third-order valence-corrected chi connectivity index (χ3v) is 3.47. The Labute approximate surface area is 114 Å². The molecule has 4 heteroatoms. The maximum Gasteiger partial charge on any atom is 0.174 e. The zero-order valence-electron chi connectivity index (χ0n) is 11.3. The van der Waals surface area contributed by atoms with E-state index in [0.717, 1.165) is 24.3 Å². The van der Waals surface area contributed by atoms with Crippen molar-refractivity contribution in [1.29, 1.82) is 5.26 Å². The Kier molecular flexibility index (Phi) is 5.05. The molecule has 1 aromatic rings. The van der Waals surface area contributed by atoms with Crippen LogP contribution in [0.3, 0.4) is 0 Å². The number of nitrogens with one attached hydrogen (secondary N) is 1. The Bertz CT molecular complexity index is 442. The molecule has 0 amide bonds. The van der Waals surface area contributed by atoms with E-state index in [9.17, 15) is 0 Å². The van der Waals surface area contributed by atoms with Crippen LogP contribution in [0.4, 0.5) is 5.69 Å². The van der Waals surface area contributed by atoms with Crippen molar-refractivity contribution in [3.63, 3.8) is 0 Å². The molecule has 2 rings (SSSR count). The van der Waals surface area contributed by atoms with Crippen molar-refractivity contribution < 1.29 is 9.47 Å². The molecule has 0 radical (unpaired) electrons. The first-order chi connectivity index (χ1) is 9.31. The lowest BCUT2D eigenvalue weighted by Gasteiger charge is -2.29. The molecule has 19 heavy (non-hydrogen) atoms. The van der Waals surface area contributed by atoms with E-state index in [1.54, 1.807) is 7.11 Å². The molecule has 2 unspecified atom stereocenters. The zero-order chi connectivity index (χ0) is 13.5. The average Bonchev–Trinajstić information content (AvgIpc) is 2.46. The molecule has 0 heterocycles. The van der Waals surface area contributed by atoms with Gasteiger partial charge in [0, 0.05) is 24.9 Å². The molecular formula is C15H20N2O2. The minimum absolute atomic E-state index is 0.0820. The second-order valence-electron chi connectivity index (χ2n) is 4.84. The molecule has 0 bridgehead atoms. The summed E-state index contributed by atoms with van der Waals surface area (Å²) in [5.74, 6) is 0.727. The fourth-order valence-electron chi connectivity index (χ4n) is 2.52. The first-order valence-corrected chi connectivity index (χ1v) is 6.71. The van der Waals surface area contributed by atoms with E-state index in [0.29, 0.717) is 12.1 Å². The third kappa shape index (κ3) is 4.15.